The van der Waals surface area contributed by atoms with E-state index in [0.717, 1.165) is 20.9 Å². The number of carbonyl (C=O) groups excluding carboxylic acids is 1. The van der Waals surface area contributed by atoms with Crippen molar-refractivity contribution in [2.75, 3.05) is 12.4 Å². The van der Waals surface area contributed by atoms with Gasteiger partial charge in [0.15, 0.2) is 0 Å². The molecule has 1 amide bonds. The molecule has 0 unspecified atom stereocenters. The van der Waals surface area contributed by atoms with Gasteiger partial charge in [-0.25, -0.2) is 14.4 Å². The Morgan fingerprint density at radius 2 is 2.20 bits per heavy atom. The molecule has 2 atom stereocenters. The molecule has 1 aliphatic heterocycles. The maximum atomic E-state index is 13.3. The summed E-state index contributed by atoms with van der Waals surface area (Å²) in [5, 5.41) is 2.97. The molecule has 1 aliphatic rings. The van der Waals surface area contributed by atoms with Crippen LogP contribution in [0.15, 0.2) is 36.9 Å². The zero-order valence-electron chi connectivity index (χ0n) is 15.5. The Labute approximate surface area is 180 Å². The zero-order valence-corrected chi connectivity index (χ0v) is 17.9. The molecular formula is C17H16ClFN6O3S2. The van der Waals surface area contributed by atoms with Gasteiger partial charge in [-0.3, -0.25) is 4.79 Å². The zero-order chi connectivity index (χ0) is 21.5. The predicted octanol–water partition coefficient (Wildman–Crippen LogP) is 2.54. The first kappa shape index (κ1) is 20.9. The first-order chi connectivity index (χ1) is 14.2. The highest BCUT2D eigenvalue weighted by molar-refractivity contribution is 7.87. The van der Waals surface area contributed by atoms with Crippen LogP contribution in [0.1, 0.15) is 17.5 Å². The second-order valence-corrected chi connectivity index (χ2v) is 9.82. The van der Waals surface area contributed by atoms with Crippen molar-refractivity contribution in [1.29, 1.82) is 0 Å². The molecule has 0 radical (unpaired) electrons. The van der Waals surface area contributed by atoms with Crippen LogP contribution in [0.25, 0.3) is 10.6 Å². The Morgan fingerprint density at radius 1 is 1.40 bits per heavy atom. The van der Waals surface area contributed by atoms with E-state index >= 15 is 0 Å². The molecule has 3 heterocycles. The summed E-state index contributed by atoms with van der Waals surface area (Å²) in [6.45, 7) is 0. The molecule has 0 spiro atoms. The molecular weight excluding hydrogens is 455 g/mol. The monoisotopic (exact) mass is 470 g/mol. The van der Waals surface area contributed by atoms with E-state index in [4.69, 9.17) is 11.6 Å². The maximum absolute atomic E-state index is 13.3. The summed E-state index contributed by atoms with van der Waals surface area (Å²) in [6, 6.07) is 2.06. The molecule has 0 saturated carbocycles. The average molecular weight is 471 g/mol. The molecule has 3 aromatic rings. The van der Waals surface area contributed by atoms with Gasteiger partial charge in [-0.15, -0.1) is 11.3 Å². The lowest BCUT2D eigenvalue weighted by molar-refractivity contribution is -0.120. The average Bonchev–Trinajstić information content (AvgIpc) is 3.38. The number of H-pyrrole nitrogens is 1. The summed E-state index contributed by atoms with van der Waals surface area (Å²) >= 11 is 7.05. The van der Waals surface area contributed by atoms with Gasteiger partial charge in [-0.05, 0) is 24.6 Å². The number of halogens is 2. The number of imidazole rings is 1. The first-order valence-electron chi connectivity index (χ1n) is 8.70. The molecule has 30 heavy (non-hydrogen) atoms. The fraction of sp³-hybridized carbons (Fsp3) is 0.235. The Morgan fingerprint density at radius 3 is 2.90 bits per heavy atom. The van der Waals surface area contributed by atoms with Gasteiger partial charge in [0.05, 0.1) is 34.2 Å². The lowest BCUT2D eigenvalue weighted by atomic mass is 10.1. The fourth-order valence-electron chi connectivity index (χ4n) is 3.04. The quantitative estimate of drug-likeness (QED) is 0.541. The van der Waals surface area contributed by atoms with E-state index in [-0.39, 0.29) is 17.1 Å². The Bertz CT molecular complexity index is 1180. The van der Waals surface area contributed by atoms with Crippen LogP contribution in [0.5, 0.6) is 0 Å². The largest absolute Gasteiger partial charge is 0.344 e. The smallest absolute Gasteiger partial charge is 0.280 e. The minimum absolute atomic E-state index is 0.147. The molecule has 3 N–H and O–H groups in total. The number of hydrogen-bond acceptors (Lipinski definition) is 6. The Hall–Kier alpha value is -2.38. The van der Waals surface area contributed by atoms with Gasteiger partial charge in [-0.2, -0.15) is 17.4 Å². The summed E-state index contributed by atoms with van der Waals surface area (Å²) in [5.74, 6) is -1.17. The number of thiazole rings is 1. The topological polar surface area (TPSA) is 120 Å². The Kier molecular flexibility index (Phi) is 5.59. The summed E-state index contributed by atoms with van der Waals surface area (Å²) in [5.41, 5.74) is 1.03. The van der Waals surface area contributed by atoms with Gasteiger partial charge in [0, 0.05) is 18.9 Å². The van der Waals surface area contributed by atoms with Gasteiger partial charge < -0.3 is 10.3 Å². The third kappa shape index (κ3) is 4.09. The number of aromatic amines is 1. The van der Waals surface area contributed by atoms with Crippen molar-refractivity contribution in [3.8, 4) is 10.6 Å². The lowest BCUT2D eigenvalue weighted by Gasteiger charge is -2.35. The number of rotatable bonds is 4. The highest BCUT2D eigenvalue weighted by atomic mass is 35.5. The maximum Gasteiger partial charge on any atom is 0.280 e. The number of aromatic nitrogens is 3. The molecule has 1 aromatic carbocycles. The molecule has 1 saturated heterocycles. The van der Waals surface area contributed by atoms with Crippen molar-refractivity contribution in [1.82, 2.24) is 24.0 Å². The van der Waals surface area contributed by atoms with Crippen molar-refractivity contribution in [2.24, 2.45) is 0 Å². The molecule has 0 bridgehead atoms. The first-order valence-corrected chi connectivity index (χ1v) is 11.3. The molecule has 2 aromatic heterocycles. The standard InChI is InChI=1S/C17H16ClFN6O3S2/c1-25-14(16(26)23-9-2-3-11(19)10(18)4-9)5-12(24-30(25,27)28)17-21-7-15(29-17)13-6-20-8-22-13/h2-4,6-8,12,14,24H,5H2,1H3,(H,20,22)(H,23,26)/t12-,14+/m1/s1. The van der Waals surface area contributed by atoms with E-state index in [1.807, 2.05) is 0 Å². The predicted molar refractivity (Wildman–Crippen MR) is 111 cm³/mol. The fourth-order valence-corrected chi connectivity index (χ4v) is 5.50. The van der Waals surface area contributed by atoms with Crippen LogP contribution in [0, 0.1) is 5.82 Å². The molecule has 13 heteroatoms. The number of nitrogens with zero attached hydrogens (tertiary/aromatic N) is 3. The van der Waals surface area contributed by atoms with Crippen molar-refractivity contribution in [2.45, 2.75) is 18.5 Å². The van der Waals surface area contributed by atoms with Gasteiger partial charge in [0.1, 0.15) is 16.9 Å². The SMILES string of the molecule is CN1[C@H](C(=O)Nc2ccc(F)c(Cl)c2)C[C@H](c2ncc(-c3cnc[nH]3)s2)NS1(=O)=O. The van der Waals surface area contributed by atoms with Crippen LogP contribution >= 0.6 is 22.9 Å². The van der Waals surface area contributed by atoms with Crippen LogP contribution in [0.4, 0.5) is 10.1 Å². The van der Waals surface area contributed by atoms with E-state index < -0.39 is 34.0 Å². The van der Waals surface area contributed by atoms with Crippen LogP contribution in [-0.2, 0) is 15.0 Å². The molecule has 158 valence electrons. The van der Waals surface area contributed by atoms with Crippen molar-refractivity contribution in [3.63, 3.8) is 0 Å². The summed E-state index contributed by atoms with van der Waals surface area (Å²) in [4.78, 5) is 24.9. The summed E-state index contributed by atoms with van der Waals surface area (Å²) in [7, 11) is -2.60. The van der Waals surface area contributed by atoms with Crippen LogP contribution in [0.3, 0.4) is 0 Å². The van der Waals surface area contributed by atoms with Gasteiger partial charge in [-0.1, -0.05) is 11.6 Å². The normalized spacial score (nSPS) is 21.4. The number of carbonyl (C=O) groups is 1. The summed E-state index contributed by atoms with van der Waals surface area (Å²) in [6.07, 6.45) is 4.96. The number of anilines is 1. The van der Waals surface area contributed by atoms with Crippen LogP contribution in [-0.4, -0.2) is 46.7 Å². The van der Waals surface area contributed by atoms with Crippen LogP contribution < -0.4 is 10.0 Å². The molecule has 9 nitrogen and oxygen atoms in total. The van der Waals surface area contributed by atoms with Gasteiger partial charge in [0.25, 0.3) is 10.2 Å². The minimum Gasteiger partial charge on any atom is -0.344 e. The number of likely N-dealkylation sites (N-methyl/N-ethyl adjacent to an activating group) is 1. The van der Waals surface area contributed by atoms with Crippen molar-refractivity contribution >= 4 is 44.7 Å². The second-order valence-electron chi connectivity index (χ2n) is 6.59. The van der Waals surface area contributed by atoms with E-state index in [2.05, 4.69) is 25.0 Å². The number of hydrogen-bond donors (Lipinski definition) is 3. The van der Waals surface area contributed by atoms with Crippen LogP contribution in [0.2, 0.25) is 5.02 Å². The van der Waals surface area contributed by atoms with E-state index in [1.54, 1.807) is 12.4 Å². The van der Waals surface area contributed by atoms with Crippen molar-refractivity contribution < 1.29 is 17.6 Å². The van der Waals surface area contributed by atoms with Gasteiger partial charge in [0.2, 0.25) is 5.91 Å². The summed E-state index contributed by atoms with van der Waals surface area (Å²) < 4.78 is 42.0. The minimum atomic E-state index is -3.92. The number of benzene rings is 1. The van der Waals surface area contributed by atoms with E-state index in [0.29, 0.717) is 5.01 Å². The Balaban J connectivity index is 1.57. The molecule has 0 aliphatic carbocycles. The third-order valence-electron chi connectivity index (χ3n) is 4.64. The van der Waals surface area contributed by atoms with Crippen molar-refractivity contribution in [3.05, 3.63) is 52.8 Å². The highest BCUT2D eigenvalue weighted by Crippen LogP contribution is 2.33. The molecule has 4 rings (SSSR count). The number of amides is 1. The lowest BCUT2D eigenvalue weighted by Crippen LogP contribution is -2.55. The van der Waals surface area contributed by atoms with E-state index in [9.17, 15) is 17.6 Å². The highest BCUT2D eigenvalue weighted by Gasteiger charge is 2.41. The third-order valence-corrected chi connectivity index (χ3v) is 7.67. The second kappa shape index (κ2) is 8.04. The van der Waals surface area contributed by atoms with E-state index in [1.165, 1.54) is 36.8 Å². The molecule has 1 fully saturated rings. The van der Waals surface area contributed by atoms with Gasteiger partial charge >= 0.3 is 0 Å². The number of nitrogens with one attached hydrogen (secondary N) is 3.